The predicted molar refractivity (Wildman–Crippen MR) is 67.5 cm³/mol. The molecule has 0 fully saturated rings. The fourth-order valence-corrected chi connectivity index (χ4v) is 1.69. The van der Waals surface area contributed by atoms with Crippen molar-refractivity contribution < 1.29 is 24.9 Å². The Bertz CT molecular complexity index is 643. The van der Waals surface area contributed by atoms with Crippen LogP contribution in [0.1, 0.15) is 20.7 Å². The molecule has 2 aromatic carbocycles. The molecule has 0 aliphatic heterocycles. The number of benzene rings is 2. The Labute approximate surface area is 108 Å². The summed E-state index contributed by atoms with van der Waals surface area (Å²) in [5, 5.41) is 27.1. The third-order valence-corrected chi connectivity index (χ3v) is 2.69. The first kappa shape index (κ1) is 12.6. The Morgan fingerprint density at radius 1 is 0.789 bits per heavy atom. The van der Waals surface area contributed by atoms with Crippen molar-refractivity contribution in [1.29, 1.82) is 0 Å². The first-order valence-corrected chi connectivity index (χ1v) is 5.39. The molecule has 19 heavy (non-hydrogen) atoms. The monoisotopic (exact) mass is 258 g/mol. The maximum Gasteiger partial charge on any atom is 0.339 e. The summed E-state index contributed by atoms with van der Waals surface area (Å²) in [5.41, 5.74) is 1.22. The lowest BCUT2D eigenvalue weighted by molar-refractivity contribution is 0.0684. The number of carbonyl (C=O) groups is 2. The Balaban J connectivity index is 2.44. The summed E-state index contributed by atoms with van der Waals surface area (Å²) in [4.78, 5) is 21.6. The van der Waals surface area contributed by atoms with Crippen LogP contribution in [0.15, 0.2) is 42.5 Å². The molecule has 3 N–H and O–H groups in total. The minimum atomic E-state index is -1.22. The van der Waals surface area contributed by atoms with Crippen LogP contribution >= 0.6 is 0 Å². The number of carboxylic acid groups (broad SMARTS) is 2. The zero-order valence-electron chi connectivity index (χ0n) is 9.70. The summed E-state index contributed by atoms with van der Waals surface area (Å²) >= 11 is 0. The van der Waals surface area contributed by atoms with Crippen molar-refractivity contribution in [2.45, 2.75) is 0 Å². The SMILES string of the molecule is O=C(O)c1ccc(-c2ccc(O)c(C(=O)O)c2)cc1. The van der Waals surface area contributed by atoms with Crippen molar-refractivity contribution >= 4 is 11.9 Å². The minimum Gasteiger partial charge on any atom is -0.507 e. The van der Waals surface area contributed by atoms with Gasteiger partial charge >= 0.3 is 11.9 Å². The molecule has 0 aliphatic carbocycles. The van der Waals surface area contributed by atoms with Gasteiger partial charge in [0.1, 0.15) is 11.3 Å². The molecule has 2 rings (SSSR count). The number of rotatable bonds is 3. The number of hydrogen-bond donors (Lipinski definition) is 3. The van der Waals surface area contributed by atoms with E-state index in [1.165, 1.54) is 24.3 Å². The molecule has 2 aromatic rings. The van der Waals surface area contributed by atoms with Gasteiger partial charge in [0, 0.05) is 0 Å². The van der Waals surface area contributed by atoms with Crippen molar-refractivity contribution in [1.82, 2.24) is 0 Å². The maximum atomic E-state index is 10.9. The summed E-state index contributed by atoms with van der Waals surface area (Å²) in [6.07, 6.45) is 0. The molecule has 5 heteroatoms. The Morgan fingerprint density at radius 2 is 1.37 bits per heavy atom. The van der Waals surface area contributed by atoms with Gasteiger partial charge in [0.25, 0.3) is 0 Å². The number of aromatic hydroxyl groups is 1. The third kappa shape index (κ3) is 2.55. The smallest absolute Gasteiger partial charge is 0.339 e. The van der Waals surface area contributed by atoms with E-state index < -0.39 is 11.9 Å². The second kappa shape index (κ2) is 4.81. The van der Waals surface area contributed by atoms with Crippen molar-refractivity contribution in [2.24, 2.45) is 0 Å². The molecule has 0 atom stereocenters. The third-order valence-electron chi connectivity index (χ3n) is 2.69. The molecule has 0 saturated carbocycles. The normalized spacial score (nSPS) is 10.1. The first-order chi connectivity index (χ1) is 8.99. The van der Waals surface area contributed by atoms with Crippen LogP contribution in [0.2, 0.25) is 0 Å². The van der Waals surface area contributed by atoms with E-state index in [1.807, 2.05) is 0 Å². The van der Waals surface area contributed by atoms with Gasteiger partial charge in [0.2, 0.25) is 0 Å². The van der Waals surface area contributed by atoms with Gasteiger partial charge < -0.3 is 15.3 Å². The highest BCUT2D eigenvalue weighted by molar-refractivity contribution is 5.93. The van der Waals surface area contributed by atoms with Crippen LogP contribution in [-0.4, -0.2) is 27.3 Å². The quantitative estimate of drug-likeness (QED) is 0.786. The van der Waals surface area contributed by atoms with Crippen LogP contribution in [0.4, 0.5) is 0 Å². The van der Waals surface area contributed by atoms with Crippen molar-refractivity contribution in [2.75, 3.05) is 0 Å². The molecular weight excluding hydrogens is 248 g/mol. The van der Waals surface area contributed by atoms with Crippen molar-refractivity contribution in [3.63, 3.8) is 0 Å². The number of phenols is 1. The number of aromatic carboxylic acids is 2. The van der Waals surface area contributed by atoms with Crippen LogP contribution in [0.5, 0.6) is 5.75 Å². The van der Waals surface area contributed by atoms with Gasteiger partial charge in [-0.15, -0.1) is 0 Å². The highest BCUT2D eigenvalue weighted by Gasteiger charge is 2.11. The van der Waals surface area contributed by atoms with Crippen LogP contribution in [-0.2, 0) is 0 Å². The molecule has 0 amide bonds. The molecule has 96 valence electrons. The largest absolute Gasteiger partial charge is 0.507 e. The molecule has 0 radical (unpaired) electrons. The lowest BCUT2D eigenvalue weighted by atomic mass is 10.0. The summed E-state index contributed by atoms with van der Waals surface area (Å²) in [5.74, 6) is -2.55. The van der Waals surface area contributed by atoms with Gasteiger partial charge in [-0.25, -0.2) is 9.59 Å². The van der Waals surface area contributed by atoms with E-state index >= 15 is 0 Å². The van der Waals surface area contributed by atoms with Crippen LogP contribution in [0.25, 0.3) is 11.1 Å². The van der Waals surface area contributed by atoms with Gasteiger partial charge in [-0.2, -0.15) is 0 Å². The van der Waals surface area contributed by atoms with Crippen LogP contribution in [0.3, 0.4) is 0 Å². The molecular formula is C14H10O5. The molecule has 0 saturated heterocycles. The average Bonchev–Trinajstić information content (AvgIpc) is 2.39. The van der Waals surface area contributed by atoms with Gasteiger partial charge in [-0.05, 0) is 35.4 Å². The summed E-state index contributed by atoms with van der Waals surface area (Å²) < 4.78 is 0. The zero-order chi connectivity index (χ0) is 14.0. The Morgan fingerprint density at radius 3 is 1.89 bits per heavy atom. The van der Waals surface area contributed by atoms with Gasteiger partial charge in [0.15, 0.2) is 0 Å². The number of hydrogen-bond acceptors (Lipinski definition) is 3. The fourth-order valence-electron chi connectivity index (χ4n) is 1.69. The average molecular weight is 258 g/mol. The van der Waals surface area contributed by atoms with Crippen LogP contribution < -0.4 is 0 Å². The molecule has 0 bridgehead atoms. The minimum absolute atomic E-state index is 0.154. The number of carboxylic acids is 2. The molecule has 0 unspecified atom stereocenters. The standard InChI is InChI=1S/C14H10O5/c15-12-6-5-10(7-11(12)14(18)19)8-1-3-9(4-2-8)13(16)17/h1-7,15H,(H,16,17)(H,18,19). The fraction of sp³-hybridized carbons (Fsp3) is 0. The van der Waals surface area contributed by atoms with E-state index in [-0.39, 0.29) is 16.9 Å². The van der Waals surface area contributed by atoms with E-state index in [1.54, 1.807) is 18.2 Å². The van der Waals surface area contributed by atoms with E-state index in [4.69, 9.17) is 10.2 Å². The zero-order valence-corrected chi connectivity index (χ0v) is 9.70. The van der Waals surface area contributed by atoms with E-state index in [9.17, 15) is 14.7 Å². The van der Waals surface area contributed by atoms with Gasteiger partial charge in [-0.1, -0.05) is 18.2 Å². The molecule has 5 nitrogen and oxygen atoms in total. The summed E-state index contributed by atoms with van der Waals surface area (Å²) in [7, 11) is 0. The molecule has 0 aromatic heterocycles. The molecule has 0 aliphatic rings. The lowest BCUT2D eigenvalue weighted by Crippen LogP contribution is -1.97. The lowest BCUT2D eigenvalue weighted by Gasteiger charge is -2.05. The highest BCUT2D eigenvalue weighted by Crippen LogP contribution is 2.26. The van der Waals surface area contributed by atoms with E-state index in [0.29, 0.717) is 11.1 Å². The van der Waals surface area contributed by atoms with E-state index in [2.05, 4.69) is 0 Å². The van der Waals surface area contributed by atoms with Gasteiger partial charge in [0.05, 0.1) is 5.56 Å². The molecule has 0 spiro atoms. The second-order valence-electron chi connectivity index (χ2n) is 3.92. The second-order valence-corrected chi connectivity index (χ2v) is 3.92. The van der Waals surface area contributed by atoms with E-state index in [0.717, 1.165) is 0 Å². The maximum absolute atomic E-state index is 10.9. The highest BCUT2D eigenvalue weighted by atomic mass is 16.4. The van der Waals surface area contributed by atoms with Crippen LogP contribution in [0, 0.1) is 0 Å². The first-order valence-electron chi connectivity index (χ1n) is 5.39. The Kier molecular flexibility index (Phi) is 3.20. The summed E-state index contributed by atoms with van der Waals surface area (Å²) in [6, 6.07) is 10.2. The Hall–Kier alpha value is -2.82. The predicted octanol–water partition coefficient (Wildman–Crippen LogP) is 2.46. The topological polar surface area (TPSA) is 94.8 Å². The van der Waals surface area contributed by atoms with Crippen molar-refractivity contribution in [3.05, 3.63) is 53.6 Å². The molecule has 0 heterocycles. The van der Waals surface area contributed by atoms with Crippen molar-refractivity contribution in [3.8, 4) is 16.9 Å². The van der Waals surface area contributed by atoms with Gasteiger partial charge in [-0.3, -0.25) is 0 Å². The summed E-state index contributed by atoms with van der Waals surface area (Å²) in [6.45, 7) is 0.